The number of benzene rings is 7. The Morgan fingerprint density at radius 3 is 1.33 bits per heavy atom. The van der Waals surface area contributed by atoms with Gasteiger partial charge in [-0.2, -0.15) is 0 Å². The van der Waals surface area contributed by atoms with Crippen LogP contribution in [0.2, 0.25) is 0 Å². The first kappa shape index (κ1) is 33.8. The van der Waals surface area contributed by atoms with Crippen molar-refractivity contribution < 1.29 is 4.57 Å². The summed E-state index contributed by atoms with van der Waals surface area (Å²) in [4.78, 5) is 0. The summed E-state index contributed by atoms with van der Waals surface area (Å²) in [6.45, 7) is 9.64. The van der Waals surface area contributed by atoms with Gasteiger partial charge in [-0.05, 0) is 120 Å². The van der Waals surface area contributed by atoms with E-state index in [-0.39, 0.29) is 17.8 Å². The van der Waals surface area contributed by atoms with Gasteiger partial charge in [-0.15, -0.1) is 0 Å². The minimum atomic E-state index is -3.54. The molecule has 6 unspecified atom stereocenters. The van der Waals surface area contributed by atoms with Crippen LogP contribution in [0.3, 0.4) is 0 Å². The van der Waals surface area contributed by atoms with E-state index in [0.29, 0.717) is 0 Å². The Morgan fingerprint density at radius 2 is 0.833 bits per heavy atom. The molecule has 0 fully saturated rings. The zero-order valence-electron chi connectivity index (χ0n) is 34.3. The van der Waals surface area contributed by atoms with Crippen molar-refractivity contribution in [3.05, 3.63) is 231 Å². The molecule has 0 N–H and O–H groups in total. The van der Waals surface area contributed by atoms with Gasteiger partial charge in [-0.25, -0.2) is 0 Å². The standard InChI is InChI=1S/C58H43OP/c1-33-29-30-56(4)54-35(3)55-53(34(2)52(33)54)44-19-9-14-24-49(44)58(55)48-23-13-8-18-41(48)43-28-26-37(32-51(43)58)60(56,59)36-25-27-42-40-17-7-12-22-47(40)57(50(42)31-36)45-20-10-5-15-38(45)39-16-6-11-21-46(39)57/h5-35H,1-4H3. The van der Waals surface area contributed by atoms with E-state index in [0.717, 1.165) is 10.6 Å². The lowest BCUT2D eigenvalue weighted by atomic mass is 9.59. The van der Waals surface area contributed by atoms with Crippen LogP contribution in [-0.4, -0.2) is 5.16 Å². The molecule has 1 heterocycles. The second-order valence-corrected chi connectivity index (χ2v) is 21.9. The van der Waals surface area contributed by atoms with E-state index in [1.165, 1.54) is 100 Å². The Bertz CT molecular complexity index is 3270. The van der Waals surface area contributed by atoms with Crippen LogP contribution < -0.4 is 10.6 Å². The molecule has 0 saturated carbocycles. The molecule has 2 spiro atoms. The van der Waals surface area contributed by atoms with Crippen LogP contribution in [0.1, 0.15) is 72.2 Å². The van der Waals surface area contributed by atoms with Gasteiger partial charge in [0, 0.05) is 22.4 Å². The third-order valence-electron chi connectivity index (χ3n) is 16.5. The first-order valence-electron chi connectivity index (χ1n) is 21.8. The molecule has 0 aromatic heterocycles. The molecule has 0 amide bonds. The third-order valence-corrected chi connectivity index (χ3v) is 20.2. The monoisotopic (exact) mass is 786 g/mol. The summed E-state index contributed by atoms with van der Waals surface area (Å²) < 4.78 is 17.9. The quantitative estimate of drug-likeness (QED) is 0.120. The molecule has 0 radical (unpaired) electrons. The molecule has 14 rings (SSSR count). The van der Waals surface area contributed by atoms with Crippen molar-refractivity contribution in [1.29, 1.82) is 0 Å². The maximum Gasteiger partial charge on any atom is 0.156 e. The van der Waals surface area contributed by atoms with Crippen LogP contribution in [0, 0.1) is 17.8 Å². The summed E-state index contributed by atoms with van der Waals surface area (Å²) in [5, 5.41) is 1.14. The van der Waals surface area contributed by atoms with Crippen LogP contribution in [0.5, 0.6) is 0 Å². The summed E-state index contributed by atoms with van der Waals surface area (Å²) >= 11 is 0. The van der Waals surface area contributed by atoms with Crippen molar-refractivity contribution in [2.45, 2.75) is 43.7 Å². The summed E-state index contributed by atoms with van der Waals surface area (Å²) in [6.07, 6.45) is 4.79. The van der Waals surface area contributed by atoms with Crippen LogP contribution in [0.15, 0.2) is 187 Å². The summed E-state index contributed by atoms with van der Waals surface area (Å²) in [6, 6.07) is 59.4. The summed E-state index contributed by atoms with van der Waals surface area (Å²) in [5.41, 5.74) is 23.1. The maximum absolute atomic E-state index is 17.9. The number of hydrogen-bond acceptors (Lipinski definition) is 1. The van der Waals surface area contributed by atoms with E-state index >= 15 is 4.57 Å². The zero-order valence-corrected chi connectivity index (χ0v) is 35.1. The lowest BCUT2D eigenvalue weighted by molar-refractivity contribution is 0.527. The maximum atomic E-state index is 17.9. The highest BCUT2D eigenvalue weighted by atomic mass is 31.2. The van der Waals surface area contributed by atoms with E-state index in [9.17, 15) is 0 Å². The second kappa shape index (κ2) is 10.8. The fourth-order valence-electron chi connectivity index (χ4n) is 14.5. The molecular formula is C58H43OP. The van der Waals surface area contributed by atoms with E-state index in [2.05, 4.69) is 198 Å². The number of rotatable bonds is 1. The smallest absolute Gasteiger partial charge is 0.156 e. The van der Waals surface area contributed by atoms with Crippen LogP contribution in [-0.2, 0) is 15.4 Å². The van der Waals surface area contributed by atoms with Crippen molar-refractivity contribution in [2.24, 2.45) is 17.8 Å². The highest BCUT2D eigenvalue weighted by molar-refractivity contribution is 7.80. The molecule has 286 valence electrons. The van der Waals surface area contributed by atoms with Crippen molar-refractivity contribution in [2.75, 3.05) is 0 Å². The Balaban J connectivity index is 1.13. The van der Waals surface area contributed by atoms with Crippen molar-refractivity contribution >= 4 is 23.3 Å². The first-order chi connectivity index (χ1) is 29.3. The van der Waals surface area contributed by atoms with E-state index in [1.807, 2.05) is 0 Å². The molecule has 6 aliphatic carbocycles. The minimum absolute atomic E-state index is 0.0659. The fraction of sp³-hybridized carbons (Fsp3) is 0.172. The first-order valence-corrected chi connectivity index (χ1v) is 23.6. The zero-order chi connectivity index (χ0) is 40.1. The molecule has 7 aromatic rings. The number of allylic oxidation sites excluding steroid dienone is 6. The number of fused-ring (bicyclic) bond motifs is 15. The topological polar surface area (TPSA) is 17.1 Å². The molecule has 4 bridgehead atoms. The summed E-state index contributed by atoms with van der Waals surface area (Å²) in [7, 11) is -3.54. The second-order valence-electron chi connectivity index (χ2n) is 18.7. The van der Waals surface area contributed by atoms with Crippen LogP contribution >= 0.6 is 7.14 Å². The van der Waals surface area contributed by atoms with Gasteiger partial charge in [0.25, 0.3) is 0 Å². The molecule has 1 nitrogen and oxygen atoms in total. The number of hydrogen-bond donors (Lipinski definition) is 0. The Morgan fingerprint density at radius 1 is 0.433 bits per heavy atom. The molecule has 2 heteroatoms. The Kier molecular flexibility index (Phi) is 6.10. The van der Waals surface area contributed by atoms with Crippen molar-refractivity contribution in [1.82, 2.24) is 0 Å². The van der Waals surface area contributed by atoms with Gasteiger partial charge in [0.1, 0.15) is 0 Å². The van der Waals surface area contributed by atoms with Crippen LogP contribution in [0.4, 0.5) is 0 Å². The molecule has 6 atom stereocenters. The fourth-order valence-corrected chi connectivity index (χ4v) is 18.0. The normalized spacial score (nSPS) is 28.0. The lowest BCUT2D eigenvalue weighted by Crippen LogP contribution is -2.43. The van der Waals surface area contributed by atoms with Crippen LogP contribution in [0.25, 0.3) is 39.0 Å². The molecule has 7 aromatic carbocycles. The van der Waals surface area contributed by atoms with E-state index in [4.69, 9.17) is 0 Å². The molecular weight excluding hydrogens is 744 g/mol. The van der Waals surface area contributed by atoms with Gasteiger partial charge in [-0.1, -0.05) is 184 Å². The highest BCUT2D eigenvalue weighted by Gasteiger charge is 2.63. The third kappa shape index (κ3) is 3.38. The molecule has 60 heavy (non-hydrogen) atoms. The predicted octanol–water partition coefficient (Wildman–Crippen LogP) is 13.0. The van der Waals surface area contributed by atoms with E-state index < -0.39 is 23.1 Å². The highest BCUT2D eigenvalue weighted by Crippen LogP contribution is 2.74. The largest absolute Gasteiger partial charge is 0.312 e. The predicted molar refractivity (Wildman–Crippen MR) is 247 cm³/mol. The minimum Gasteiger partial charge on any atom is -0.312 e. The molecule has 0 saturated heterocycles. The molecule has 1 aliphatic heterocycles. The van der Waals surface area contributed by atoms with E-state index in [1.54, 1.807) is 0 Å². The average molecular weight is 787 g/mol. The van der Waals surface area contributed by atoms with Gasteiger partial charge in [0.2, 0.25) is 0 Å². The van der Waals surface area contributed by atoms with Crippen molar-refractivity contribution in [3.63, 3.8) is 0 Å². The Hall–Kier alpha value is -6.01. The average Bonchev–Trinajstić information content (AvgIpc) is 3.97. The SMILES string of the molecule is CC1C=CC2(C)C3=C1C(C)C1=C(C3C)C3(c4ccccc41)c1ccccc1-c1ccc(cc13)P2(=O)c1ccc2c(c1)C1(c3ccccc3-c3ccccc31)c1ccccc1-2. The summed E-state index contributed by atoms with van der Waals surface area (Å²) in [5.74, 6) is 0.476. The molecule has 7 aliphatic rings. The van der Waals surface area contributed by atoms with Gasteiger partial charge in [0.15, 0.2) is 7.14 Å². The van der Waals surface area contributed by atoms with Gasteiger partial charge in [0.05, 0.1) is 16.0 Å². The Labute approximate surface area is 352 Å². The van der Waals surface area contributed by atoms with Gasteiger partial charge < -0.3 is 4.57 Å². The van der Waals surface area contributed by atoms with Gasteiger partial charge in [-0.3, -0.25) is 0 Å². The van der Waals surface area contributed by atoms with Gasteiger partial charge >= 0.3 is 0 Å². The van der Waals surface area contributed by atoms with Crippen molar-refractivity contribution in [3.8, 4) is 33.4 Å². The lowest BCUT2D eigenvalue weighted by Gasteiger charge is -2.49.